The van der Waals surface area contributed by atoms with Crippen LogP contribution in [0.5, 0.6) is 5.75 Å². The highest BCUT2D eigenvalue weighted by atomic mass is 16.5. The Balaban J connectivity index is 2.33. The Labute approximate surface area is 110 Å². The van der Waals surface area contributed by atoms with Gasteiger partial charge in [0.25, 0.3) is 0 Å². The van der Waals surface area contributed by atoms with Crippen LogP contribution in [-0.4, -0.2) is 30.3 Å². The van der Waals surface area contributed by atoms with Crippen molar-refractivity contribution in [2.45, 2.75) is 39.7 Å². The van der Waals surface area contributed by atoms with Crippen molar-refractivity contribution in [3.63, 3.8) is 0 Å². The molecule has 0 radical (unpaired) electrons. The molecule has 0 aliphatic heterocycles. The maximum Gasteiger partial charge on any atom is 0.129 e. The van der Waals surface area contributed by atoms with Crippen LogP contribution in [0.3, 0.4) is 0 Å². The zero-order valence-corrected chi connectivity index (χ0v) is 11.8. The Bertz CT molecular complexity index is 348. The molecule has 1 heterocycles. The monoisotopic (exact) mass is 252 g/mol. The molecule has 4 nitrogen and oxygen atoms in total. The third kappa shape index (κ3) is 6.45. The SMILES string of the molecule is CCCNc1cc(OCCOC(C)(C)C)ccn1. The smallest absolute Gasteiger partial charge is 0.129 e. The molecule has 102 valence electrons. The molecule has 1 aromatic rings. The third-order valence-corrected chi connectivity index (χ3v) is 2.17. The van der Waals surface area contributed by atoms with Gasteiger partial charge in [0.1, 0.15) is 18.2 Å². The number of hydrogen-bond donors (Lipinski definition) is 1. The lowest BCUT2D eigenvalue weighted by atomic mass is 10.2. The number of rotatable bonds is 7. The van der Waals surface area contributed by atoms with E-state index in [1.165, 1.54) is 0 Å². The van der Waals surface area contributed by atoms with Gasteiger partial charge in [0.2, 0.25) is 0 Å². The maximum atomic E-state index is 5.62. The lowest BCUT2D eigenvalue weighted by Gasteiger charge is -2.19. The highest BCUT2D eigenvalue weighted by molar-refractivity contribution is 5.40. The van der Waals surface area contributed by atoms with E-state index >= 15 is 0 Å². The van der Waals surface area contributed by atoms with Crippen LogP contribution in [0.25, 0.3) is 0 Å². The van der Waals surface area contributed by atoms with Gasteiger partial charge < -0.3 is 14.8 Å². The van der Waals surface area contributed by atoms with E-state index in [1.54, 1.807) is 6.20 Å². The summed E-state index contributed by atoms with van der Waals surface area (Å²) in [6.45, 7) is 10.3. The van der Waals surface area contributed by atoms with Crippen LogP contribution in [0.1, 0.15) is 34.1 Å². The first-order valence-electron chi connectivity index (χ1n) is 6.48. The molecule has 0 atom stereocenters. The van der Waals surface area contributed by atoms with Gasteiger partial charge in [0.15, 0.2) is 0 Å². The molecule has 0 saturated heterocycles. The Morgan fingerprint density at radius 1 is 1.28 bits per heavy atom. The second-order valence-corrected chi connectivity index (χ2v) is 5.11. The molecular weight excluding hydrogens is 228 g/mol. The van der Waals surface area contributed by atoms with Gasteiger partial charge in [-0.15, -0.1) is 0 Å². The highest BCUT2D eigenvalue weighted by Gasteiger charge is 2.09. The lowest BCUT2D eigenvalue weighted by Crippen LogP contribution is -2.22. The van der Waals surface area contributed by atoms with Gasteiger partial charge in [-0.1, -0.05) is 6.92 Å². The zero-order chi connectivity index (χ0) is 13.4. The number of anilines is 1. The van der Waals surface area contributed by atoms with Crippen molar-refractivity contribution in [2.24, 2.45) is 0 Å². The minimum Gasteiger partial charge on any atom is -0.491 e. The molecule has 0 saturated carbocycles. The Morgan fingerprint density at radius 2 is 2.06 bits per heavy atom. The minimum atomic E-state index is -0.116. The minimum absolute atomic E-state index is 0.116. The van der Waals surface area contributed by atoms with Crippen LogP contribution >= 0.6 is 0 Å². The summed E-state index contributed by atoms with van der Waals surface area (Å²) in [6, 6.07) is 3.76. The third-order valence-electron chi connectivity index (χ3n) is 2.17. The van der Waals surface area contributed by atoms with Crippen LogP contribution in [0.2, 0.25) is 0 Å². The van der Waals surface area contributed by atoms with Crippen LogP contribution in [0.4, 0.5) is 5.82 Å². The predicted molar refractivity (Wildman–Crippen MR) is 74.2 cm³/mol. The van der Waals surface area contributed by atoms with Gasteiger partial charge in [-0.25, -0.2) is 4.98 Å². The van der Waals surface area contributed by atoms with Crippen molar-refractivity contribution < 1.29 is 9.47 Å². The lowest BCUT2D eigenvalue weighted by molar-refractivity contribution is -0.0163. The molecule has 0 bridgehead atoms. The topological polar surface area (TPSA) is 43.4 Å². The van der Waals surface area contributed by atoms with Crippen molar-refractivity contribution in [1.29, 1.82) is 0 Å². The van der Waals surface area contributed by atoms with Gasteiger partial charge in [0, 0.05) is 18.8 Å². The van der Waals surface area contributed by atoms with Crippen molar-refractivity contribution >= 4 is 5.82 Å². The predicted octanol–water partition coefficient (Wildman–Crippen LogP) is 3.10. The van der Waals surface area contributed by atoms with Crippen LogP contribution in [0, 0.1) is 0 Å². The largest absolute Gasteiger partial charge is 0.491 e. The number of hydrogen-bond acceptors (Lipinski definition) is 4. The van der Waals surface area contributed by atoms with E-state index in [0.29, 0.717) is 13.2 Å². The van der Waals surface area contributed by atoms with E-state index < -0.39 is 0 Å². The zero-order valence-electron chi connectivity index (χ0n) is 11.8. The molecule has 0 aliphatic rings. The second kappa shape index (κ2) is 7.21. The number of aromatic nitrogens is 1. The fourth-order valence-corrected chi connectivity index (χ4v) is 1.36. The number of nitrogens with one attached hydrogen (secondary N) is 1. The first-order valence-corrected chi connectivity index (χ1v) is 6.48. The summed E-state index contributed by atoms with van der Waals surface area (Å²) >= 11 is 0. The molecular formula is C14H24N2O2. The molecule has 18 heavy (non-hydrogen) atoms. The number of pyridine rings is 1. The first kappa shape index (κ1) is 14.8. The fourth-order valence-electron chi connectivity index (χ4n) is 1.36. The van der Waals surface area contributed by atoms with E-state index in [-0.39, 0.29) is 5.60 Å². The van der Waals surface area contributed by atoms with Gasteiger partial charge in [-0.2, -0.15) is 0 Å². The molecule has 0 unspecified atom stereocenters. The van der Waals surface area contributed by atoms with Gasteiger partial charge >= 0.3 is 0 Å². The van der Waals surface area contributed by atoms with Crippen molar-refractivity contribution in [2.75, 3.05) is 25.1 Å². The van der Waals surface area contributed by atoms with Crippen LogP contribution in [-0.2, 0) is 4.74 Å². The van der Waals surface area contributed by atoms with Gasteiger partial charge in [-0.05, 0) is 33.3 Å². The first-order chi connectivity index (χ1) is 8.51. The van der Waals surface area contributed by atoms with E-state index in [0.717, 1.165) is 24.5 Å². The standard InChI is InChI=1S/C14H24N2O2/c1-5-7-15-13-11-12(6-8-16-13)17-9-10-18-14(2,3)4/h6,8,11H,5,7,9-10H2,1-4H3,(H,15,16). The fraction of sp³-hybridized carbons (Fsp3) is 0.643. The maximum absolute atomic E-state index is 5.62. The number of ether oxygens (including phenoxy) is 2. The average molecular weight is 252 g/mol. The summed E-state index contributed by atoms with van der Waals surface area (Å²) in [5.41, 5.74) is -0.116. The van der Waals surface area contributed by atoms with E-state index in [1.807, 2.05) is 32.9 Å². The molecule has 0 aliphatic carbocycles. The Morgan fingerprint density at radius 3 is 2.72 bits per heavy atom. The summed E-state index contributed by atoms with van der Waals surface area (Å²) in [5, 5.41) is 3.23. The van der Waals surface area contributed by atoms with Crippen molar-refractivity contribution in [3.8, 4) is 5.75 Å². The van der Waals surface area contributed by atoms with E-state index in [9.17, 15) is 0 Å². The average Bonchev–Trinajstić information content (AvgIpc) is 2.31. The molecule has 1 aromatic heterocycles. The normalized spacial score (nSPS) is 11.3. The van der Waals surface area contributed by atoms with Crippen molar-refractivity contribution in [3.05, 3.63) is 18.3 Å². The summed E-state index contributed by atoms with van der Waals surface area (Å²) in [5.74, 6) is 1.67. The second-order valence-electron chi connectivity index (χ2n) is 5.11. The van der Waals surface area contributed by atoms with Crippen LogP contribution in [0.15, 0.2) is 18.3 Å². The molecule has 0 amide bonds. The quantitative estimate of drug-likeness (QED) is 0.757. The summed E-state index contributed by atoms with van der Waals surface area (Å²) in [4.78, 5) is 4.22. The van der Waals surface area contributed by atoms with Gasteiger partial charge in [0.05, 0.1) is 12.2 Å². The Hall–Kier alpha value is -1.29. The molecule has 0 fully saturated rings. The molecule has 0 aromatic carbocycles. The number of nitrogens with zero attached hydrogens (tertiary/aromatic N) is 1. The molecule has 1 N–H and O–H groups in total. The van der Waals surface area contributed by atoms with Crippen molar-refractivity contribution in [1.82, 2.24) is 4.98 Å². The molecule has 1 rings (SSSR count). The highest BCUT2D eigenvalue weighted by Crippen LogP contribution is 2.14. The summed E-state index contributed by atoms with van der Waals surface area (Å²) < 4.78 is 11.2. The van der Waals surface area contributed by atoms with Gasteiger partial charge in [-0.3, -0.25) is 0 Å². The van der Waals surface area contributed by atoms with E-state index in [4.69, 9.17) is 9.47 Å². The summed E-state index contributed by atoms with van der Waals surface area (Å²) in [7, 11) is 0. The summed E-state index contributed by atoms with van der Waals surface area (Å²) in [6.07, 6.45) is 2.82. The molecule has 4 heteroatoms. The van der Waals surface area contributed by atoms with Crippen LogP contribution < -0.4 is 10.1 Å². The molecule has 0 spiro atoms. The van der Waals surface area contributed by atoms with E-state index in [2.05, 4.69) is 17.2 Å². The Kier molecular flexibility index (Phi) is 5.92.